The van der Waals surface area contributed by atoms with E-state index in [1.54, 1.807) is 12.1 Å². The molecule has 0 aliphatic heterocycles. The van der Waals surface area contributed by atoms with Crippen molar-refractivity contribution in [3.63, 3.8) is 0 Å². The van der Waals surface area contributed by atoms with Crippen LogP contribution < -0.4 is 10.6 Å². The van der Waals surface area contributed by atoms with Crippen LogP contribution in [0.25, 0.3) is 0 Å². The van der Waals surface area contributed by atoms with Gasteiger partial charge in [0.2, 0.25) is 0 Å². The van der Waals surface area contributed by atoms with Crippen molar-refractivity contribution in [2.75, 3.05) is 10.6 Å². The molecule has 8 heteroatoms. The fourth-order valence-corrected chi connectivity index (χ4v) is 1.95. The van der Waals surface area contributed by atoms with Crippen molar-refractivity contribution in [2.45, 2.75) is 0 Å². The number of non-ortho nitro benzene ring substituents is 1. The summed E-state index contributed by atoms with van der Waals surface area (Å²) in [5, 5.41) is 16.4. The number of nitro groups is 1. The molecule has 2 aromatic carbocycles. The molecule has 21 heavy (non-hydrogen) atoms. The van der Waals surface area contributed by atoms with Gasteiger partial charge in [-0.25, -0.2) is 4.39 Å². The predicted molar refractivity (Wildman–Crippen MR) is 84.3 cm³/mol. The quantitative estimate of drug-likeness (QED) is 0.503. The molecular weight excluding hydrogens is 317 g/mol. The van der Waals surface area contributed by atoms with E-state index in [0.717, 1.165) is 0 Å². The van der Waals surface area contributed by atoms with Crippen LogP contribution in [0.2, 0.25) is 5.02 Å². The fourth-order valence-electron chi connectivity index (χ4n) is 1.56. The summed E-state index contributed by atoms with van der Waals surface area (Å²) in [6, 6.07) is 9.90. The highest BCUT2D eigenvalue weighted by Gasteiger charge is 2.11. The van der Waals surface area contributed by atoms with Gasteiger partial charge in [-0.1, -0.05) is 23.7 Å². The van der Waals surface area contributed by atoms with E-state index < -0.39 is 10.7 Å². The summed E-state index contributed by atoms with van der Waals surface area (Å²) in [7, 11) is 0. The normalized spacial score (nSPS) is 10.0. The lowest BCUT2D eigenvalue weighted by molar-refractivity contribution is -0.384. The van der Waals surface area contributed by atoms with Gasteiger partial charge in [0, 0.05) is 12.1 Å². The zero-order valence-corrected chi connectivity index (χ0v) is 12.0. The van der Waals surface area contributed by atoms with Gasteiger partial charge >= 0.3 is 0 Å². The van der Waals surface area contributed by atoms with E-state index in [0.29, 0.717) is 0 Å². The Kier molecular flexibility index (Phi) is 4.66. The van der Waals surface area contributed by atoms with Crippen LogP contribution in [0.15, 0.2) is 42.5 Å². The number of hydrogen-bond acceptors (Lipinski definition) is 3. The highest BCUT2D eigenvalue weighted by molar-refractivity contribution is 7.80. The summed E-state index contributed by atoms with van der Waals surface area (Å²) in [6.45, 7) is 0. The Morgan fingerprint density at radius 2 is 1.86 bits per heavy atom. The number of thiocarbonyl (C=S) groups is 1. The number of anilines is 2. The van der Waals surface area contributed by atoms with Crippen molar-refractivity contribution < 1.29 is 9.31 Å². The molecule has 0 amide bonds. The summed E-state index contributed by atoms with van der Waals surface area (Å²) in [4.78, 5) is 10.2. The Hall–Kier alpha value is -2.25. The minimum atomic E-state index is -0.547. The Balaban J connectivity index is 2.15. The van der Waals surface area contributed by atoms with Crippen molar-refractivity contribution in [1.29, 1.82) is 0 Å². The average molecular weight is 326 g/mol. The van der Waals surface area contributed by atoms with Gasteiger partial charge in [0.1, 0.15) is 5.82 Å². The second-order valence-corrected chi connectivity index (χ2v) is 4.80. The molecule has 0 saturated carbocycles. The number of para-hydroxylation sites is 1. The maximum absolute atomic E-state index is 13.5. The molecule has 2 rings (SSSR count). The monoisotopic (exact) mass is 325 g/mol. The number of nitrogens with zero attached hydrogens (tertiary/aromatic N) is 1. The van der Waals surface area contributed by atoms with Gasteiger partial charge in [-0.3, -0.25) is 10.1 Å². The molecule has 0 fully saturated rings. The molecule has 2 N–H and O–H groups in total. The number of hydrogen-bond donors (Lipinski definition) is 2. The van der Waals surface area contributed by atoms with Crippen LogP contribution in [-0.2, 0) is 0 Å². The summed E-state index contributed by atoms with van der Waals surface area (Å²) < 4.78 is 13.5. The van der Waals surface area contributed by atoms with Crippen molar-refractivity contribution in [3.8, 4) is 0 Å². The van der Waals surface area contributed by atoms with Crippen LogP contribution >= 0.6 is 23.8 Å². The van der Waals surface area contributed by atoms with E-state index in [1.807, 2.05) is 0 Å². The molecule has 0 saturated heterocycles. The van der Waals surface area contributed by atoms with Crippen molar-refractivity contribution in [2.24, 2.45) is 0 Å². The van der Waals surface area contributed by atoms with Crippen molar-refractivity contribution in [1.82, 2.24) is 0 Å². The molecule has 0 aromatic heterocycles. The van der Waals surface area contributed by atoms with Crippen molar-refractivity contribution >= 4 is 46.0 Å². The maximum atomic E-state index is 13.5. The van der Waals surface area contributed by atoms with Crippen LogP contribution in [0.1, 0.15) is 0 Å². The predicted octanol–water partition coefficient (Wildman–Crippen LogP) is 4.20. The molecule has 0 bridgehead atoms. The van der Waals surface area contributed by atoms with E-state index in [2.05, 4.69) is 10.6 Å². The Bertz CT molecular complexity index is 712. The van der Waals surface area contributed by atoms with Gasteiger partial charge in [-0.15, -0.1) is 0 Å². The lowest BCUT2D eigenvalue weighted by atomic mass is 10.3. The highest BCUT2D eigenvalue weighted by Crippen LogP contribution is 2.27. The number of halogens is 2. The van der Waals surface area contributed by atoms with Crippen LogP contribution in [0.3, 0.4) is 0 Å². The van der Waals surface area contributed by atoms with Crippen LogP contribution in [0.4, 0.5) is 21.5 Å². The fraction of sp³-hybridized carbons (Fsp3) is 0. The summed E-state index contributed by atoms with van der Waals surface area (Å²) >= 11 is 11.0. The first-order valence-electron chi connectivity index (χ1n) is 5.74. The van der Waals surface area contributed by atoms with Gasteiger partial charge in [0.25, 0.3) is 5.69 Å². The van der Waals surface area contributed by atoms with Gasteiger partial charge < -0.3 is 10.6 Å². The molecule has 2 aromatic rings. The first kappa shape index (κ1) is 15.1. The molecule has 0 aliphatic rings. The smallest absolute Gasteiger partial charge is 0.271 e. The van der Waals surface area contributed by atoms with Gasteiger partial charge in [0.15, 0.2) is 5.11 Å². The largest absolute Gasteiger partial charge is 0.331 e. The van der Waals surface area contributed by atoms with Crippen LogP contribution in [-0.4, -0.2) is 10.0 Å². The Morgan fingerprint density at radius 1 is 1.19 bits per heavy atom. The standard InChI is InChI=1S/C13H9ClFN3O2S/c14-9-6-5-8(18(19)20)7-12(9)17-13(21)16-11-4-2-1-3-10(11)15/h1-7H,(H2,16,17,21). The topological polar surface area (TPSA) is 67.2 Å². The van der Waals surface area contributed by atoms with E-state index in [9.17, 15) is 14.5 Å². The second kappa shape index (κ2) is 6.47. The van der Waals surface area contributed by atoms with Crippen LogP contribution in [0, 0.1) is 15.9 Å². The zero-order chi connectivity index (χ0) is 15.4. The average Bonchev–Trinajstić information content (AvgIpc) is 2.43. The first-order valence-corrected chi connectivity index (χ1v) is 6.52. The molecule has 108 valence electrons. The minimum absolute atomic E-state index is 0.0718. The van der Waals surface area contributed by atoms with Crippen molar-refractivity contribution in [3.05, 3.63) is 63.4 Å². The molecule has 0 radical (unpaired) electrons. The molecule has 0 aliphatic carbocycles. The third-order valence-corrected chi connectivity index (χ3v) is 3.06. The molecule has 0 heterocycles. The zero-order valence-electron chi connectivity index (χ0n) is 10.5. The molecule has 0 unspecified atom stereocenters. The molecular formula is C13H9ClFN3O2S. The SMILES string of the molecule is O=[N+]([O-])c1ccc(Cl)c(NC(=S)Nc2ccccc2F)c1. The summed E-state index contributed by atoms with van der Waals surface area (Å²) in [5.74, 6) is -0.466. The molecule has 0 spiro atoms. The van der Waals surface area contributed by atoms with E-state index in [-0.39, 0.29) is 27.2 Å². The number of rotatable bonds is 3. The lowest BCUT2D eigenvalue weighted by Crippen LogP contribution is -2.20. The minimum Gasteiger partial charge on any atom is -0.331 e. The lowest BCUT2D eigenvalue weighted by Gasteiger charge is -2.12. The third-order valence-electron chi connectivity index (χ3n) is 2.53. The van der Waals surface area contributed by atoms with Gasteiger partial charge in [0.05, 0.1) is 21.3 Å². The summed E-state index contributed by atoms with van der Waals surface area (Å²) in [5.41, 5.74) is 0.326. The Morgan fingerprint density at radius 3 is 2.52 bits per heavy atom. The van der Waals surface area contributed by atoms with Crippen LogP contribution in [0.5, 0.6) is 0 Å². The van der Waals surface area contributed by atoms with E-state index in [4.69, 9.17) is 23.8 Å². The Labute approximate surface area is 129 Å². The highest BCUT2D eigenvalue weighted by atomic mass is 35.5. The summed E-state index contributed by atoms with van der Waals surface area (Å²) in [6.07, 6.45) is 0. The number of nitrogens with one attached hydrogen (secondary N) is 2. The van der Waals surface area contributed by atoms with E-state index >= 15 is 0 Å². The molecule has 5 nitrogen and oxygen atoms in total. The second-order valence-electron chi connectivity index (χ2n) is 3.98. The molecule has 0 atom stereocenters. The first-order chi connectivity index (χ1) is 9.97. The maximum Gasteiger partial charge on any atom is 0.271 e. The van der Waals surface area contributed by atoms with Gasteiger partial charge in [-0.2, -0.15) is 0 Å². The third kappa shape index (κ3) is 3.87. The number of benzene rings is 2. The number of nitro benzene ring substituents is 1. The van der Waals surface area contributed by atoms with E-state index in [1.165, 1.54) is 30.3 Å². The van der Waals surface area contributed by atoms with Gasteiger partial charge in [-0.05, 0) is 30.4 Å².